The summed E-state index contributed by atoms with van der Waals surface area (Å²) in [5.74, 6) is 0.804. The molecule has 6 heteroatoms. The van der Waals surface area contributed by atoms with Gasteiger partial charge in [-0.15, -0.1) is 5.10 Å². The van der Waals surface area contributed by atoms with E-state index in [1.54, 1.807) is 30.0 Å². The van der Waals surface area contributed by atoms with Gasteiger partial charge in [0.05, 0.1) is 18.7 Å². The lowest BCUT2D eigenvalue weighted by atomic mass is 10.1. The first kappa shape index (κ1) is 14.8. The maximum atomic E-state index is 9.06. The fraction of sp³-hybridized carbons (Fsp3) is 0.0526. The second-order valence-electron chi connectivity index (χ2n) is 5.47. The fourth-order valence-corrected chi connectivity index (χ4v) is 2.65. The van der Waals surface area contributed by atoms with E-state index in [0.29, 0.717) is 16.9 Å². The van der Waals surface area contributed by atoms with Crippen LogP contribution in [0, 0.1) is 11.3 Å². The monoisotopic (exact) mass is 327 g/mol. The highest BCUT2D eigenvalue weighted by Crippen LogP contribution is 2.25. The van der Waals surface area contributed by atoms with Crippen molar-refractivity contribution in [1.29, 1.82) is 5.26 Å². The SMILES string of the molecule is COc1ccc(-c2cnc3c(-c4cccc(C#N)c4)nnn3c2)cc1. The summed E-state index contributed by atoms with van der Waals surface area (Å²) in [6, 6.07) is 17.1. The number of aromatic nitrogens is 4. The number of hydrogen-bond acceptors (Lipinski definition) is 5. The lowest BCUT2D eigenvalue weighted by molar-refractivity contribution is 0.415. The van der Waals surface area contributed by atoms with Gasteiger partial charge in [-0.2, -0.15) is 5.26 Å². The molecule has 0 N–H and O–H groups in total. The Morgan fingerprint density at radius 2 is 1.88 bits per heavy atom. The zero-order chi connectivity index (χ0) is 17.2. The van der Waals surface area contributed by atoms with E-state index in [-0.39, 0.29) is 0 Å². The van der Waals surface area contributed by atoms with Crippen LogP contribution in [-0.4, -0.2) is 26.9 Å². The molecule has 0 radical (unpaired) electrons. The van der Waals surface area contributed by atoms with Gasteiger partial charge in [0.15, 0.2) is 5.65 Å². The van der Waals surface area contributed by atoms with Crippen molar-refractivity contribution in [2.45, 2.75) is 0 Å². The van der Waals surface area contributed by atoms with Gasteiger partial charge < -0.3 is 4.74 Å². The average molecular weight is 327 g/mol. The summed E-state index contributed by atoms with van der Waals surface area (Å²) < 4.78 is 6.83. The van der Waals surface area contributed by atoms with Gasteiger partial charge in [0.2, 0.25) is 0 Å². The Bertz CT molecular complexity index is 1090. The van der Waals surface area contributed by atoms with Crippen molar-refractivity contribution >= 4 is 5.65 Å². The van der Waals surface area contributed by atoms with Crippen molar-refractivity contribution in [1.82, 2.24) is 19.8 Å². The lowest BCUT2D eigenvalue weighted by Crippen LogP contribution is -1.92. The highest BCUT2D eigenvalue weighted by Gasteiger charge is 2.11. The molecule has 0 saturated heterocycles. The first-order valence-corrected chi connectivity index (χ1v) is 7.64. The lowest BCUT2D eigenvalue weighted by Gasteiger charge is -2.04. The van der Waals surface area contributed by atoms with Crippen molar-refractivity contribution in [3.05, 3.63) is 66.5 Å². The number of nitrogens with zero attached hydrogens (tertiary/aromatic N) is 5. The number of ether oxygens (including phenoxy) is 1. The summed E-state index contributed by atoms with van der Waals surface area (Å²) in [6.07, 6.45) is 3.67. The molecule has 2 heterocycles. The van der Waals surface area contributed by atoms with Gasteiger partial charge in [-0.25, -0.2) is 9.50 Å². The Balaban J connectivity index is 1.77. The number of benzene rings is 2. The Morgan fingerprint density at radius 1 is 1.04 bits per heavy atom. The Morgan fingerprint density at radius 3 is 2.64 bits per heavy atom. The largest absolute Gasteiger partial charge is 0.497 e. The normalized spacial score (nSPS) is 10.6. The van der Waals surface area contributed by atoms with E-state index in [0.717, 1.165) is 22.4 Å². The first-order valence-electron chi connectivity index (χ1n) is 7.64. The molecule has 2 aromatic carbocycles. The number of fused-ring (bicyclic) bond motifs is 1. The van der Waals surface area contributed by atoms with Gasteiger partial charge >= 0.3 is 0 Å². The predicted molar refractivity (Wildman–Crippen MR) is 92.9 cm³/mol. The molecule has 0 aliphatic heterocycles. The Labute approximate surface area is 143 Å². The van der Waals surface area contributed by atoms with Gasteiger partial charge in [0.25, 0.3) is 0 Å². The number of hydrogen-bond donors (Lipinski definition) is 0. The second-order valence-corrected chi connectivity index (χ2v) is 5.47. The minimum Gasteiger partial charge on any atom is -0.497 e. The molecule has 25 heavy (non-hydrogen) atoms. The molecule has 120 valence electrons. The molecule has 2 aromatic heterocycles. The summed E-state index contributed by atoms with van der Waals surface area (Å²) in [6.45, 7) is 0. The molecular weight excluding hydrogens is 314 g/mol. The van der Waals surface area contributed by atoms with E-state index in [9.17, 15) is 0 Å². The zero-order valence-corrected chi connectivity index (χ0v) is 13.4. The van der Waals surface area contributed by atoms with Crippen LogP contribution in [0.3, 0.4) is 0 Å². The maximum Gasteiger partial charge on any atom is 0.183 e. The third kappa shape index (κ3) is 2.68. The number of rotatable bonds is 3. The van der Waals surface area contributed by atoms with Crippen molar-refractivity contribution in [3.63, 3.8) is 0 Å². The van der Waals surface area contributed by atoms with E-state index < -0.39 is 0 Å². The van der Waals surface area contributed by atoms with Crippen LogP contribution in [-0.2, 0) is 0 Å². The van der Waals surface area contributed by atoms with Gasteiger partial charge in [-0.3, -0.25) is 0 Å². The molecule has 0 aliphatic rings. The van der Waals surface area contributed by atoms with Crippen LogP contribution in [0.5, 0.6) is 5.75 Å². The maximum absolute atomic E-state index is 9.06. The van der Waals surface area contributed by atoms with Gasteiger partial charge in [0, 0.05) is 23.5 Å². The van der Waals surface area contributed by atoms with Crippen molar-refractivity contribution in [3.8, 4) is 34.2 Å². The van der Waals surface area contributed by atoms with Gasteiger partial charge in [-0.1, -0.05) is 29.5 Å². The number of nitriles is 1. The molecule has 0 fully saturated rings. The highest BCUT2D eigenvalue weighted by atomic mass is 16.5. The summed E-state index contributed by atoms with van der Waals surface area (Å²) in [5, 5.41) is 17.4. The standard InChI is InChI=1S/C19H13N5O/c1-25-17-7-5-14(6-8-17)16-11-21-19-18(22-23-24(19)12-16)15-4-2-3-13(9-15)10-20/h2-9,11-12H,1H3. The van der Waals surface area contributed by atoms with Crippen LogP contribution in [0.2, 0.25) is 0 Å². The molecule has 0 spiro atoms. The van der Waals surface area contributed by atoms with Crippen molar-refractivity contribution < 1.29 is 4.74 Å². The quantitative estimate of drug-likeness (QED) is 0.577. The van der Waals surface area contributed by atoms with Crippen LogP contribution in [0.4, 0.5) is 0 Å². The summed E-state index contributed by atoms with van der Waals surface area (Å²) in [7, 11) is 1.64. The number of methoxy groups -OCH3 is 1. The predicted octanol–water partition coefficient (Wildman–Crippen LogP) is 3.34. The molecule has 4 aromatic rings. The van der Waals surface area contributed by atoms with Crippen LogP contribution in [0.15, 0.2) is 60.9 Å². The summed E-state index contributed by atoms with van der Waals surface area (Å²) in [5.41, 5.74) is 4.63. The molecule has 4 rings (SSSR count). The average Bonchev–Trinajstić information content (AvgIpc) is 3.11. The topological polar surface area (TPSA) is 76.1 Å². The third-order valence-corrected chi connectivity index (χ3v) is 3.95. The van der Waals surface area contributed by atoms with Crippen LogP contribution >= 0.6 is 0 Å². The first-order chi connectivity index (χ1) is 12.3. The molecule has 0 unspecified atom stereocenters. The van der Waals surface area contributed by atoms with Crippen LogP contribution in [0.25, 0.3) is 28.0 Å². The molecule has 6 nitrogen and oxygen atoms in total. The van der Waals surface area contributed by atoms with Crippen LogP contribution in [0.1, 0.15) is 5.56 Å². The molecular formula is C19H13N5O. The summed E-state index contributed by atoms with van der Waals surface area (Å²) in [4.78, 5) is 4.52. The fourth-order valence-electron chi connectivity index (χ4n) is 2.65. The van der Waals surface area contributed by atoms with E-state index >= 15 is 0 Å². The second kappa shape index (κ2) is 6.06. The van der Waals surface area contributed by atoms with E-state index in [2.05, 4.69) is 21.4 Å². The van der Waals surface area contributed by atoms with Gasteiger partial charge in [0.1, 0.15) is 11.4 Å². The van der Waals surface area contributed by atoms with E-state index in [4.69, 9.17) is 10.00 Å². The molecule has 0 amide bonds. The van der Waals surface area contributed by atoms with Gasteiger partial charge in [-0.05, 0) is 29.8 Å². The highest BCUT2D eigenvalue weighted by molar-refractivity contribution is 5.75. The van der Waals surface area contributed by atoms with Crippen LogP contribution < -0.4 is 4.74 Å². The molecule has 0 aliphatic carbocycles. The van der Waals surface area contributed by atoms with E-state index in [1.807, 2.05) is 42.6 Å². The minimum absolute atomic E-state index is 0.577. The smallest absolute Gasteiger partial charge is 0.183 e. The Hall–Kier alpha value is -3.72. The molecule has 0 saturated carbocycles. The van der Waals surface area contributed by atoms with Crippen molar-refractivity contribution in [2.24, 2.45) is 0 Å². The summed E-state index contributed by atoms with van der Waals surface area (Å²) >= 11 is 0. The van der Waals surface area contributed by atoms with Crippen molar-refractivity contribution in [2.75, 3.05) is 7.11 Å². The van der Waals surface area contributed by atoms with E-state index in [1.165, 1.54) is 0 Å². The minimum atomic E-state index is 0.577. The zero-order valence-electron chi connectivity index (χ0n) is 13.4. The third-order valence-electron chi connectivity index (χ3n) is 3.95. The Kier molecular flexibility index (Phi) is 3.60. The molecule has 0 bridgehead atoms. The molecule has 0 atom stereocenters.